The van der Waals surface area contributed by atoms with Crippen molar-refractivity contribution in [3.63, 3.8) is 0 Å². The second kappa shape index (κ2) is 8.58. The molecule has 0 bridgehead atoms. The smallest absolute Gasteiger partial charge is 0.289 e. The van der Waals surface area contributed by atoms with Crippen LogP contribution >= 0.6 is 12.4 Å². The molecule has 0 saturated heterocycles. The Hall–Kier alpha value is -1.22. The molecule has 1 aliphatic rings. The summed E-state index contributed by atoms with van der Waals surface area (Å²) in [5, 5.41) is 11.0. The molecule has 1 fully saturated rings. The van der Waals surface area contributed by atoms with Crippen LogP contribution in [0.5, 0.6) is 0 Å². The van der Waals surface area contributed by atoms with E-state index in [2.05, 4.69) is 4.72 Å². The topological polar surface area (TPSA) is 115 Å². The summed E-state index contributed by atoms with van der Waals surface area (Å²) in [6.45, 7) is 0.185. The molecule has 1 aliphatic carbocycles. The third kappa shape index (κ3) is 4.87. The molecule has 1 aromatic carbocycles. The first-order valence-electron chi connectivity index (χ1n) is 7.41. The summed E-state index contributed by atoms with van der Waals surface area (Å²) < 4.78 is 27.6. The Bertz CT molecular complexity index is 633. The molecule has 9 heteroatoms. The summed E-state index contributed by atoms with van der Waals surface area (Å²) >= 11 is 0. The van der Waals surface area contributed by atoms with Crippen molar-refractivity contribution in [2.45, 2.75) is 43.0 Å². The van der Waals surface area contributed by atoms with Gasteiger partial charge in [-0.25, -0.2) is 13.1 Å². The standard InChI is InChI=1S/C14H21N3O4S.ClH/c15-10-12(11-6-2-1-3-7-11)16-22(20,21)14-9-5-4-8-13(14)17(18)19;/h4-5,8-9,11-12,16H,1-3,6-7,10,15H2;1H. The first kappa shape index (κ1) is 19.8. The van der Waals surface area contributed by atoms with E-state index in [9.17, 15) is 18.5 Å². The molecular weight excluding hydrogens is 342 g/mol. The maximum absolute atomic E-state index is 12.5. The average molecular weight is 364 g/mol. The predicted octanol–water partition coefficient (Wildman–Crippen LogP) is 2.20. The van der Waals surface area contributed by atoms with Gasteiger partial charge in [-0.1, -0.05) is 31.4 Å². The average Bonchev–Trinajstić information content (AvgIpc) is 2.53. The summed E-state index contributed by atoms with van der Waals surface area (Å²) in [6.07, 6.45) is 5.15. The Labute approximate surface area is 142 Å². The molecular formula is C14H22ClN3O4S. The van der Waals surface area contributed by atoms with E-state index in [4.69, 9.17) is 5.73 Å². The second-order valence-corrected chi connectivity index (χ2v) is 7.27. The fourth-order valence-corrected chi connectivity index (χ4v) is 4.46. The van der Waals surface area contributed by atoms with E-state index in [0.717, 1.165) is 32.1 Å². The van der Waals surface area contributed by atoms with Gasteiger partial charge < -0.3 is 5.73 Å². The van der Waals surface area contributed by atoms with E-state index in [-0.39, 0.29) is 35.8 Å². The van der Waals surface area contributed by atoms with Gasteiger partial charge in [0, 0.05) is 18.7 Å². The summed E-state index contributed by atoms with van der Waals surface area (Å²) in [4.78, 5) is 10.0. The van der Waals surface area contributed by atoms with Crippen LogP contribution in [-0.2, 0) is 10.0 Å². The molecule has 0 spiro atoms. The van der Waals surface area contributed by atoms with Gasteiger partial charge in [0.15, 0.2) is 4.90 Å². The molecule has 7 nitrogen and oxygen atoms in total. The highest BCUT2D eigenvalue weighted by molar-refractivity contribution is 7.89. The molecule has 0 heterocycles. The van der Waals surface area contributed by atoms with Gasteiger partial charge in [0.05, 0.1) is 4.92 Å². The van der Waals surface area contributed by atoms with Gasteiger partial charge in [-0.2, -0.15) is 0 Å². The van der Waals surface area contributed by atoms with Gasteiger partial charge >= 0.3 is 0 Å². The molecule has 0 aromatic heterocycles. The SMILES string of the molecule is Cl.NCC(NS(=O)(=O)c1ccccc1[N+](=O)[O-])C1CCCCC1. The maximum atomic E-state index is 12.5. The van der Waals surface area contributed by atoms with E-state index < -0.39 is 20.6 Å². The number of nitro benzene ring substituents is 1. The van der Waals surface area contributed by atoms with Gasteiger partial charge in [-0.3, -0.25) is 10.1 Å². The number of sulfonamides is 1. The zero-order valence-electron chi connectivity index (χ0n) is 12.7. The third-order valence-electron chi connectivity index (χ3n) is 4.13. The van der Waals surface area contributed by atoms with Crippen molar-refractivity contribution < 1.29 is 13.3 Å². The zero-order chi connectivity index (χ0) is 16.2. The van der Waals surface area contributed by atoms with Gasteiger partial charge in [-0.15, -0.1) is 12.4 Å². The van der Waals surface area contributed by atoms with E-state index in [1.54, 1.807) is 0 Å². The Kier molecular flexibility index (Phi) is 7.40. The number of nitrogens with zero attached hydrogens (tertiary/aromatic N) is 1. The summed E-state index contributed by atoms with van der Waals surface area (Å²) in [7, 11) is -3.97. The van der Waals surface area contributed by atoms with Crippen LogP contribution in [0.3, 0.4) is 0 Å². The molecule has 2 rings (SSSR count). The quantitative estimate of drug-likeness (QED) is 0.593. The van der Waals surface area contributed by atoms with Gasteiger partial charge in [-0.05, 0) is 24.8 Å². The van der Waals surface area contributed by atoms with Crippen LogP contribution in [0.25, 0.3) is 0 Å². The molecule has 1 aromatic rings. The number of para-hydroxylation sites is 1. The molecule has 0 radical (unpaired) electrons. The Balaban J connectivity index is 0.00000264. The van der Waals surface area contributed by atoms with Crippen LogP contribution in [-0.4, -0.2) is 25.9 Å². The molecule has 0 aliphatic heterocycles. The molecule has 130 valence electrons. The summed E-state index contributed by atoms with van der Waals surface area (Å²) in [5.41, 5.74) is 5.30. The van der Waals surface area contributed by atoms with Crippen molar-refractivity contribution in [3.8, 4) is 0 Å². The van der Waals surface area contributed by atoms with Crippen LogP contribution in [0, 0.1) is 16.0 Å². The summed E-state index contributed by atoms with van der Waals surface area (Å²) in [5.74, 6) is 0.191. The van der Waals surface area contributed by atoms with E-state index in [0.29, 0.717) is 0 Å². The normalized spacial score (nSPS) is 17.3. The second-order valence-electron chi connectivity index (χ2n) is 5.59. The maximum Gasteiger partial charge on any atom is 0.289 e. The number of hydrogen-bond acceptors (Lipinski definition) is 5. The van der Waals surface area contributed by atoms with Crippen LogP contribution < -0.4 is 10.5 Å². The fraction of sp³-hybridized carbons (Fsp3) is 0.571. The Morgan fingerprint density at radius 1 is 1.26 bits per heavy atom. The van der Waals surface area contributed by atoms with Crippen molar-refractivity contribution in [2.24, 2.45) is 11.7 Å². The van der Waals surface area contributed by atoms with Gasteiger partial charge in [0.25, 0.3) is 5.69 Å². The lowest BCUT2D eigenvalue weighted by molar-refractivity contribution is -0.387. The Morgan fingerprint density at radius 3 is 2.43 bits per heavy atom. The van der Waals surface area contributed by atoms with Crippen molar-refractivity contribution in [3.05, 3.63) is 34.4 Å². The van der Waals surface area contributed by atoms with Crippen LogP contribution in [0.1, 0.15) is 32.1 Å². The number of nitrogens with one attached hydrogen (secondary N) is 1. The number of benzene rings is 1. The van der Waals surface area contributed by atoms with Crippen molar-refractivity contribution in [1.29, 1.82) is 0 Å². The minimum Gasteiger partial charge on any atom is -0.329 e. The van der Waals surface area contributed by atoms with Crippen LogP contribution in [0.4, 0.5) is 5.69 Å². The van der Waals surface area contributed by atoms with E-state index in [1.165, 1.54) is 24.3 Å². The number of hydrogen-bond donors (Lipinski definition) is 2. The van der Waals surface area contributed by atoms with E-state index >= 15 is 0 Å². The Morgan fingerprint density at radius 2 is 1.87 bits per heavy atom. The minimum atomic E-state index is -3.97. The van der Waals surface area contributed by atoms with Crippen LogP contribution in [0.15, 0.2) is 29.2 Å². The highest BCUT2D eigenvalue weighted by Gasteiger charge is 2.31. The largest absolute Gasteiger partial charge is 0.329 e. The molecule has 0 amide bonds. The first-order valence-corrected chi connectivity index (χ1v) is 8.90. The van der Waals surface area contributed by atoms with Gasteiger partial charge in [0.2, 0.25) is 10.0 Å². The van der Waals surface area contributed by atoms with Gasteiger partial charge in [0.1, 0.15) is 0 Å². The lowest BCUT2D eigenvalue weighted by Crippen LogP contribution is -2.45. The van der Waals surface area contributed by atoms with Crippen molar-refractivity contribution in [2.75, 3.05) is 6.54 Å². The van der Waals surface area contributed by atoms with Crippen molar-refractivity contribution in [1.82, 2.24) is 4.72 Å². The minimum absolute atomic E-state index is 0. The highest BCUT2D eigenvalue weighted by atomic mass is 35.5. The lowest BCUT2D eigenvalue weighted by Gasteiger charge is -2.29. The number of nitro groups is 1. The number of rotatable bonds is 6. The molecule has 1 atom stereocenters. The predicted molar refractivity (Wildman–Crippen MR) is 90.1 cm³/mol. The molecule has 23 heavy (non-hydrogen) atoms. The van der Waals surface area contributed by atoms with Crippen LogP contribution in [0.2, 0.25) is 0 Å². The molecule has 1 unspecified atom stereocenters. The first-order chi connectivity index (χ1) is 10.5. The number of halogens is 1. The highest BCUT2D eigenvalue weighted by Crippen LogP contribution is 2.28. The summed E-state index contributed by atoms with van der Waals surface area (Å²) in [6, 6.07) is 4.96. The van der Waals surface area contributed by atoms with Crippen molar-refractivity contribution >= 4 is 28.1 Å². The fourth-order valence-electron chi connectivity index (χ4n) is 2.97. The van der Waals surface area contributed by atoms with E-state index in [1.807, 2.05) is 0 Å². The number of nitrogens with two attached hydrogens (primary N) is 1. The molecule has 1 saturated carbocycles. The monoisotopic (exact) mass is 363 g/mol. The molecule has 3 N–H and O–H groups in total. The zero-order valence-corrected chi connectivity index (χ0v) is 14.3. The third-order valence-corrected chi connectivity index (χ3v) is 5.67. The lowest BCUT2D eigenvalue weighted by atomic mass is 9.84.